The minimum atomic E-state index is -0.172. The zero-order chi connectivity index (χ0) is 14.7. The van der Waals surface area contributed by atoms with Gasteiger partial charge in [0.05, 0.1) is 6.54 Å². The summed E-state index contributed by atoms with van der Waals surface area (Å²) in [5.41, 5.74) is 7.62. The first-order valence-corrected chi connectivity index (χ1v) is 6.92. The molecular formula is C15H24FIN4. The molecule has 2 N–H and O–H groups in total. The Kier molecular flexibility index (Phi) is 6.86. The molecule has 2 rings (SSSR count). The van der Waals surface area contributed by atoms with Crippen molar-refractivity contribution in [1.82, 2.24) is 9.80 Å². The Balaban J connectivity index is 0.00000220. The molecule has 0 radical (unpaired) electrons. The molecule has 21 heavy (non-hydrogen) atoms. The molecular weight excluding hydrogens is 382 g/mol. The lowest BCUT2D eigenvalue weighted by Crippen LogP contribution is -2.35. The van der Waals surface area contributed by atoms with E-state index in [2.05, 4.69) is 4.99 Å². The normalized spacial score (nSPS) is 15.0. The third-order valence-electron chi connectivity index (χ3n) is 3.48. The molecule has 0 atom stereocenters. The maximum absolute atomic E-state index is 13.7. The Labute approximate surface area is 143 Å². The van der Waals surface area contributed by atoms with E-state index in [4.69, 9.17) is 5.73 Å². The number of halogens is 2. The van der Waals surface area contributed by atoms with E-state index < -0.39 is 0 Å². The van der Waals surface area contributed by atoms with Gasteiger partial charge in [0.2, 0.25) is 0 Å². The lowest BCUT2D eigenvalue weighted by molar-refractivity contribution is 0.392. The molecule has 0 saturated heterocycles. The van der Waals surface area contributed by atoms with Gasteiger partial charge in [-0.05, 0) is 44.6 Å². The van der Waals surface area contributed by atoms with Gasteiger partial charge in [-0.25, -0.2) is 9.38 Å². The predicted octanol–water partition coefficient (Wildman–Crippen LogP) is 2.41. The van der Waals surface area contributed by atoms with Gasteiger partial charge < -0.3 is 15.5 Å². The van der Waals surface area contributed by atoms with E-state index in [9.17, 15) is 4.39 Å². The van der Waals surface area contributed by atoms with Gasteiger partial charge in [0.25, 0.3) is 0 Å². The van der Waals surface area contributed by atoms with Crippen LogP contribution in [0.3, 0.4) is 0 Å². The topological polar surface area (TPSA) is 44.9 Å². The lowest BCUT2D eigenvalue weighted by atomic mass is 10.1. The van der Waals surface area contributed by atoms with Gasteiger partial charge in [0, 0.05) is 25.2 Å². The standard InChI is InChI=1S/C15H23FN4.HI/c1-19(2)10-12-8-11(4-7-14(12)16)9-18-15(17)20(3)13-5-6-13;/h4,7-8,13H,5-6,9-10H2,1-3H3,(H2,17,18);1H. The summed E-state index contributed by atoms with van der Waals surface area (Å²) in [4.78, 5) is 8.35. The molecule has 1 fully saturated rings. The van der Waals surface area contributed by atoms with Crippen LogP contribution in [-0.4, -0.2) is 42.9 Å². The largest absolute Gasteiger partial charge is 0.370 e. The Hall–Kier alpha value is -0.890. The molecule has 0 aliphatic heterocycles. The third-order valence-corrected chi connectivity index (χ3v) is 3.48. The van der Waals surface area contributed by atoms with E-state index in [0.29, 0.717) is 30.7 Å². The maximum atomic E-state index is 13.7. The highest BCUT2D eigenvalue weighted by Gasteiger charge is 2.27. The van der Waals surface area contributed by atoms with Crippen LogP contribution in [0.5, 0.6) is 0 Å². The summed E-state index contributed by atoms with van der Waals surface area (Å²) in [5, 5.41) is 0. The Bertz CT molecular complexity index is 500. The number of rotatable bonds is 5. The highest BCUT2D eigenvalue weighted by Crippen LogP contribution is 2.25. The van der Waals surface area contributed by atoms with Gasteiger partial charge in [-0.1, -0.05) is 6.07 Å². The van der Waals surface area contributed by atoms with E-state index in [0.717, 1.165) is 5.56 Å². The number of benzene rings is 1. The summed E-state index contributed by atoms with van der Waals surface area (Å²) in [5.74, 6) is 0.389. The quantitative estimate of drug-likeness (QED) is 0.464. The fourth-order valence-electron chi connectivity index (χ4n) is 2.12. The fraction of sp³-hybridized carbons (Fsp3) is 0.533. The minimum absolute atomic E-state index is 0. The first kappa shape index (κ1) is 18.2. The van der Waals surface area contributed by atoms with Gasteiger partial charge in [-0.15, -0.1) is 24.0 Å². The molecule has 4 nitrogen and oxygen atoms in total. The van der Waals surface area contributed by atoms with Crippen molar-refractivity contribution in [1.29, 1.82) is 0 Å². The van der Waals surface area contributed by atoms with E-state index in [1.165, 1.54) is 18.9 Å². The minimum Gasteiger partial charge on any atom is -0.370 e. The van der Waals surface area contributed by atoms with Crippen LogP contribution < -0.4 is 5.73 Å². The first-order chi connectivity index (χ1) is 9.47. The summed E-state index contributed by atoms with van der Waals surface area (Å²) >= 11 is 0. The van der Waals surface area contributed by atoms with E-state index in [1.807, 2.05) is 37.0 Å². The second-order valence-electron chi connectivity index (χ2n) is 5.68. The third kappa shape index (κ3) is 5.43. The molecule has 6 heteroatoms. The SMILES string of the molecule is CN(C)Cc1cc(CN=C(N)N(C)C2CC2)ccc1F.I. The molecule has 0 aromatic heterocycles. The number of hydrogen-bond acceptors (Lipinski definition) is 2. The molecule has 1 aliphatic rings. The number of aliphatic imine (C=N–C) groups is 1. The van der Waals surface area contributed by atoms with Crippen molar-refractivity contribution in [2.75, 3.05) is 21.1 Å². The molecule has 1 aromatic carbocycles. The zero-order valence-corrected chi connectivity index (χ0v) is 15.2. The predicted molar refractivity (Wildman–Crippen MR) is 95.3 cm³/mol. The Morgan fingerprint density at radius 1 is 1.33 bits per heavy atom. The van der Waals surface area contributed by atoms with Crippen LogP contribution in [0.15, 0.2) is 23.2 Å². The highest BCUT2D eigenvalue weighted by atomic mass is 127. The summed E-state index contributed by atoms with van der Waals surface area (Å²) in [6, 6.07) is 5.69. The van der Waals surface area contributed by atoms with Crippen LogP contribution >= 0.6 is 24.0 Å². The van der Waals surface area contributed by atoms with Crippen LogP contribution in [0.1, 0.15) is 24.0 Å². The number of nitrogens with zero attached hydrogens (tertiary/aromatic N) is 3. The lowest BCUT2D eigenvalue weighted by Gasteiger charge is -2.17. The van der Waals surface area contributed by atoms with Gasteiger partial charge >= 0.3 is 0 Å². The Morgan fingerprint density at radius 3 is 2.57 bits per heavy atom. The van der Waals surface area contributed by atoms with Crippen molar-refractivity contribution >= 4 is 29.9 Å². The molecule has 0 heterocycles. The van der Waals surface area contributed by atoms with Crippen LogP contribution in [-0.2, 0) is 13.1 Å². The van der Waals surface area contributed by atoms with Gasteiger partial charge in [-0.3, -0.25) is 0 Å². The summed E-state index contributed by atoms with van der Waals surface area (Å²) in [6.45, 7) is 1.07. The molecule has 0 bridgehead atoms. The number of guanidine groups is 1. The second-order valence-corrected chi connectivity index (χ2v) is 5.68. The van der Waals surface area contributed by atoms with Gasteiger partial charge in [0.1, 0.15) is 5.82 Å². The van der Waals surface area contributed by atoms with Crippen LogP contribution in [0, 0.1) is 5.82 Å². The van der Waals surface area contributed by atoms with E-state index >= 15 is 0 Å². The molecule has 0 spiro atoms. The highest BCUT2D eigenvalue weighted by molar-refractivity contribution is 14.0. The maximum Gasteiger partial charge on any atom is 0.191 e. The van der Waals surface area contributed by atoms with Crippen molar-refractivity contribution in [3.63, 3.8) is 0 Å². The van der Waals surface area contributed by atoms with Crippen molar-refractivity contribution in [3.05, 3.63) is 35.1 Å². The first-order valence-electron chi connectivity index (χ1n) is 6.92. The van der Waals surface area contributed by atoms with Gasteiger partial charge in [-0.2, -0.15) is 0 Å². The second kappa shape index (κ2) is 7.93. The zero-order valence-electron chi connectivity index (χ0n) is 12.8. The average molecular weight is 406 g/mol. The van der Waals surface area contributed by atoms with Crippen molar-refractivity contribution in [3.8, 4) is 0 Å². The van der Waals surface area contributed by atoms with E-state index in [-0.39, 0.29) is 29.8 Å². The molecule has 0 unspecified atom stereocenters. The van der Waals surface area contributed by atoms with Crippen molar-refractivity contribution < 1.29 is 4.39 Å². The number of nitrogens with two attached hydrogens (primary N) is 1. The molecule has 0 amide bonds. The molecule has 1 aliphatic carbocycles. The fourth-order valence-corrected chi connectivity index (χ4v) is 2.12. The summed E-state index contributed by atoms with van der Waals surface area (Å²) in [7, 11) is 5.82. The van der Waals surface area contributed by atoms with Crippen LogP contribution in [0.2, 0.25) is 0 Å². The van der Waals surface area contributed by atoms with Crippen LogP contribution in [0.4, 0.5) is 4.39 Å². The van der Waals surface area contributed by atoms with E-state index in [1.54, 1.807) is 6.07 Å². The van der Waals surface area contributed by atoms with Crippen molar-refractivity contribution in [2.24, 2.45) is 10.7 Å². The average Bonchev–Trinajstić information content (AvgIpc) is 3.22. The summed E-state index contributed by atoms with van der Waals surface area (Å²) < 4.78 is 13.7. The van der Waals surface area contributed by atoms with Gasteiger partial charge in [0.15, 0.2) is 5.96 Å². The summed E-state index contributed by atoms with van der Waals surface area (Å²) in [6.07, 6.45) is 2.38. The van der Waals surface area contributed by atoms with Crippen molar-refractivity contribution in [2.45, 2.75) is 32.0 Å². The van der Waals surface area contributed by atoms with Crippen LogP contribution in [0.25, 0.3) is 0 Å². The molecule has 118 valence electrons. The smallest absolute Gasteiger partial charge is 0.191 e. The monoisotopic (exact) mass is 406 g/mol. The number of hydrogen-bond donors (Lipinski definition) is 1. The Morgan fingerprint density at radius 2 is 2.00 bits per heavy atom. The molecule has 1 aromatic rings. The molecule has 1 saturated carbocycles.